The van der Waals surface area contributed by atoms with Crippen LogP contribution in [-0.4, -0.2) is 16.7 Å². The summed E-state index contributed by atoms with van der Waals surface area (Å²) >= 11 is 0. The Morgan fingerprint density at radius 2 is 2.05 bits per heavy atom. The zero-order chi connectivity index (χ0) is 14.6. The monoisotopic (exact) mass is 281 g/mol. The lowest BCUT2D eigenvalue weighted by molar-refractivity contribution is -0.00145. The van der Waals surface area contributed by atoms with E-state index in [1.807, 2.05) is 20.8 Å². The van der Waals surface area contributed by atoms with Crippen molar-refractivity contribution < 1.29 is 9.26 Å². The van der Waals surface area contributed by atoms with Crippen molar-refractivity contribution in [2.75, 3.05) is 6.61 Å². The molecule has 0 aromatic carbocycles. The van der Waals surface area contributed by atoms with Crippen molar-refractivity contribution in [2.24, 2.45) is 11.7 Å². The van der Waals surface area contributed by atoms with E-state index >= 15 is 0 Å². The second kappa shape index (κ2) is 6.68. The number of ether oxygens (including phenoxy) is 1. The molecule has 5 heteroatoms. The Balaban J connectivity index is 2.17. The SMILES string of the molecule is CCOC(c1noc(C(C)(N)CC)n1)C1CCCCC1. The van der Waals surface area contributed by atoms with Crippen LogP contribution in [-0.2, 0) is 10.3 Å². The normalized spacial score (nSPS) is 21.6. The summed E-state index contributed by atoms with van der Waals surface area (Å²) in [6.07, 6.45) is 6.93. The summed E-state index contributed by atoms with van der Waals surface area (Å²) in [6, 6.07) is 0. The zero-order valence-electron chi connectivity index (χ0n) is 12.9. The van der Waals surface area contributed by atoms with Crippen LogP contribution in [0.5, 0.6) is 0 Å². The lowest BCUT2D eigenvalue weighted by atomic mass is 9.85. The largest absolute Gasteiger partial charge is 0.370 e. The number of aromatic nitrogens is 2. The minimum absolute atomic E-state index is 0.0505. The molecule has 2 unspecified atom stereocenters. The highest BCUT2D eigenvalue weighted by Gasteiger charge is 2.32. The molecule has 1 saturated carbocycles. The van der Waals surface area contributed by atoms with Crippen molar-refractivity contribution in [2.45, 2.75) is 70.9 Å². The molecular formula is C15H27N3O2. The first-order chi connectivity index (χ1) is 9.58. The Labute approximate surface area is 121 Å². The Morgan fingerprint density at radius 3 is 2.65 bits per heavy atom. The molecule has 5 nitrogen and oxygen atoms in total. The maximum Gasteiger partial charge on any atom is 0.246 e. The third-order valence-corrected chi connectivity index (χ3v) is 4.34. The molecule has 0 spiro atoms. The van der Waals surface area contributed by atoms with Gasteiger partial charge in [0.15, 0.2) is 0 Å². The van der Waals surface area contributed by atoms with Crippen molar-refractivity contribution in [3.05, 3.63) is 11.7 Å². The summed E-state index contributed by atoms with van der Waals surface area (Å²) in [6.45, 7) is 6.61. The van der Waals surface area contributed by atoms with Gasteiger partial charge in [0.25, 0.3) is 0 Å². The third-order valence-electron chi connectivity index (χ3n) is 4.34. The van der Waals surface area contributed by atoms with Crippen LogP contribution >= 0.6 is 0 Å². The predicted octanol–water partition coefficient (Wildman–Crippen LogP) is 3.31. The quantitative estimate of drug-likeness (QED) is 0.865. The fraction of sp³-hybridized carbons (Fsp3) is 0.867. The molecule has 1 heterocycles. The van der Waals surface area contributed by atoms with Gasteiger partial charge in [0.1, 0.15) is 6.10 Å². The fourth-order valence-corrected chi connectivity index (χ4v) is 2.77. The van der Waals surface area contributed by atoms with Gasteiger partial charge in [0, 0.05) is 6.61 Å². The minimum atomic E-state index is -0.561. The van der Waals surface area contributed by atoms with Gasteiger partial charge < -0.3 is 15.0 Å². The smallest absolute Gasteiger partial charge is 0.246 e. The molecule has 1 aromatic rings. The highest BCUT2D eigenvalue weighted by Crippen LogP contribution is 2.36. The van der Waals surface area contributed by atoms with Crippen LogP contribution in [0.3, 0.4) is 0 Å². The van der Waals surface area contributed by atoms with Crippen LogP contribution in [0.25, 0.3) is 0 Å². The van der Waals surface area contributed by atoms with E-state index < -0.39 is 5.54 Å². The van der Waals surface area contributed by atoms with Crippen molar-refractivity contribution in [3.63, 3.8) is 0 Å². The summed E-state index contributed by atoms with van der Waals surface area (Å²) in [5, 5.41) is 4.13. The Kier molecular flexibility index (Phi) is 5.16. The molecule has 0 amide bonds. The average Bonchev–Trinajstić information content (AvgIpc) is 2.96. The molecule has 2 rings (SSSR count). The van der Waals surface area contributed by atoms with Crippen LogP contribution in [0.1, 0.15) is 77.1 Å². The molecule has 1 aliphatic carbocycles. The lowest BCUT2D eigenvalue weighted by Crippen LogP contribution is -2.32. The van der Waals surface area contributed by atoms with Gasteiger partial charge in [0.2, 0.25) is 11.7 Å². The van der Waals surface area contributed by atoms with E-state index in [4.69, 9.17) is 15.0 Å². The van der Waals surface area contributed by atoms with Crippen molar-refractivity contribution in [1.29, 1.82) is 0 Å². The van der Waals surface area contributed by atoms with Crippen molar-refractivity contribution in [3.8, 4) is 0 Å². The molecular weight excluding hydrogens is 254 g/mol. The number of nitrogens with two attached hydrogens (primary N) is 1. The summed E-state index contributed by atoms with van der Waals surface area (Å²) in [7, 11) is 0. The first-order valence-electron chi connectivity index (χ1n) is 7.83. The van der Waals surface area contributed by atoms with Gasteiger partial charge in [-0.3, -0.25) is 0 Å². The molecule has 0 aliphatic heterocycles. The molecule has 20 heavy (non-hydrogen) atoms. The second-order valence-corrected chi connectivity index (χ2v) is 6.00. The standard InChI is InChI=1S/C15H27N3O2/c1-4-15(3,16)14-17-13(18-20-14)12(19-5-2)11-9-7-6-8-10-11/h11-12H,4-10,16H2,1-3H3. The Hall–Kier alpha value is -0.940. The van der Waals surface area contributed by atoms with E-state index in [2.05, 4.69) is 10.1 Å². The van der Waals surface area contributed by atoms with Gasteiger partial charge in [-0.05, 0) is 39.0 Å². The van der Waals surface area contributed by atoms with Gasteiger partial charge in [-0.25, -0.2) is 0 Å². The molecule has 0 bridgehead atoms. The summed E-state index contributed by atoms with van der Waals surface area (Å²) < 4.78 is 11.3. The topological polar surface area (TPSA) is 74.2 Å². The highest BCUT2D eigenvalue weighted by atomic mass is 16.5. The molecule has 0 radical (unpaired) electrons. The third kappa shape index (κ3) is 3.38. The van der Waals surface area contributed by atoms with Gasteiger partial charge >= 0.3 is 0 Å². The highest BCUT2D eigenvalue weighted by molar-refractivity contribution is 5.02. The van der Waals surface area contributed by atoms with E-state index in [0.717, 1.165) is 6.42 Å². The fourth-order valence-electron chi connectivity index (χ4n) is 2.77. The predicted molar refractivity (Wildman–Crippen MR) is 77.1 cm³/mol. The van der Waals surface area contributed by atoms with Crippen LogP contribution in [0.15, 0.2) is 4.52 Å². The minimum Gasteiger partial charge on any atom is -0.370 e. The first-order valence-corrected chi connectivity index (χ1v) is 7.83. The molecule has 2 N–H and O–H groups in total. The van der Waals surface area contributed by atoms with Gasteiger partial charge in [0.05, 0.1) is 5.54 Å². The second-order valence-electron chi connectivity index (χ2n) is 6.00. The average molecular weight is 281 g/mol. The van der Waals surface area contributed by atoms with Gasteiger partial charge in [-0.15, -0.1) is 0 Å². The van der Waals surface area contributed by atoms with E-state index in [0.29, 0.717) is 24.2 Å². The van der Waals surface area contributed by atoms with Crippen molar-refractivity contribution >= 4 is 0 Å². The molecule has 114 valence electrons. The van der Waals surface area contributed by atoms with Gasteiger partial charge in [-0.2, -0.15) is 4.98 Å². The van der Waals surface area contributed by atoms with E-state index in [1.54, 1.807) is 0 Å². The Morgan fingerprint density at radius 1 is 1.35 bits per heavy atom. The van der Waals surface area contributed by atoms with Gasteiger partial charge in [-0.1, -0.05) is 31.3 Å². The zero-order valence-corrected chi connectivity index (χ0v) is 12.9. The first kappa shape index (κ1) is 15.4. The lowest BCUT2D eigenvalue weighted by Gasteiger charge is -2.27. The van der Waals surface area contributed by atoms with E-state index in [9.17, 15) is 0 Å². The van der Waals surface area contributed by atoms with Crippen LogP contribution in [0.4, 0.5) is 0 Å². The molecule has 1 fully saturated rings. The summed E-state index contributed by atoms with van der Waals surface area (Å²) in [5.74, 6) is 1.68. The molecule has 0 saturated heterocycles. The van der Waals surface area contributed by atoms with Crippen LogP contribution in [0, 0.1) is 5.92 Å². The maximum atomic E-state index is 6.17. The molecule has 1 aromatic heterocycles. The van der Waals surface area contributed by atoms with Crippen LogP contribution in [0.2, 0.25) is 0 Å². The number of hydrogen-bond acceptors (Lipinski definition) is 5. The van der Waals surface area contributed by atoms with E-state index in [-0.39, 0.29) is 6.10 Å². The molecule has 2 atom stereocenters. The Bertz CT molecular complexity index is 411. The maximum absolute atomic E-state index is 6.17. The summed E-state index contributed by atoms with van der Waals surface area (Å²) in [5.41, 5.74) is 5.61. The summed E-state index contributed by atoms with van der Waals surface area (Å²) in [4.78, 5) is 4.52. The van der Waals surface area contributed by atoms with Crippen molar-refractivity contribution in [1.82, 2.24) is 10.1 Å². The molecule has 1 aliphatic rings. The number of nitrogens with zero attached hydrogens (tertiary/aromatic N) is 2. The number of hydrogen-bond donors (Lipinski definition) is 1. The van der Waals surface area contributed by atoms with Crippen LogP contribution < -0.4 is 5.73 Å². The van der Waals surface area contributed by atoms with E-state index in [1.165, 1.54) is 32.1 Å². The number of rotatable bonds is 6.